The minimum Gasteiger partial charge on any atom is -0.461 e. The topological polar surface area (TPSA) is 102 Å². The zero-order valence-corrected chi connectivity index (χ0v) is 14.2. The molecule has 142 valence electrons. The Hall–Kier alpha value is -3.17. The zero-order valence-electron chi connectivity index (χ0n) is 14.2. The number of aryl methyl sites for hydroxylation is 1. The fourth-order valence-electron chi connectivity index (χ4n) is 2.52. The smallest absolute Gasteiger partial charge is 0.336 e. The van der Waals surface area contributed by atoms with Gasteiger partial charge in [-0.3, -0.25) is 9.78 Å². The molecule has 3 N–H and O–H groups in total. The normalized spacial score (nSPS) is 19.1. The van der Waals surface area contributed by atoms with Crippen molar-refractivity contribution in [2.45, 2.75) is 31.9 Å². The number of aliphatic imine (C=N–C) groups is 1. The molecule has 1 aliphatic rings. The number of hydrogen-bond acceptors (Lipinski definition) is 5. The van der Waals surface area contributed by atoms with Crippen molar-refractivity contribution in [1.82, 2.24) is 9.97 Å². The average Bonchev–Trinajstić information content (AvgIpc) is 3.35. The molecule has 2 atom stereocenters. The first-order valence-corrected chi connectivity index (χ1v) is 8.01. The van der Waals surface area contributed by atoms with E-state index >= 15 is 0 Å². The van der Waals surface area contributed by atoms with Gasteiger partial charge in [0.2, 0.25) is 0 Å². The molecule has 1 fully saturated rings. The summed E-state index contributed by atoms with van der Waals surface area (Å²) in [5, 5.41) is 2.61. The molecule has 0 unspecified atom stereocenters. The van der Waals surface area contributed by atoms with Crippen molar-refractivity contribution in [2.24, 2.45) is 10.7 Å². The van der Waals surface area contributed by atoms with E-state index < -0.39 is 30.4 Å². The molecule has 1 aliphatic carbocycles. The third-order valence-electron chi connectivity index (χ3n) is 3.90. The number of carbonyl (C=O) groups excluding carboxylic acids is 1. The molecule has 0 bridgehead atoms. The van der Waals surface area contributed by atoms with Crippen molar-refractivity contribution in [3.63, 3.8) is 0 Å². The number of nitrogens with one attached hydrogen (secondary N) is 1. The second kappa shape index (κ2) is 7.60. The Bertz CT molecular complexity index is 873. The number of amidine groups is 1. The standard InChI is InChI=1S/C17H16F3N5O2/c1-8-6-23-13(7-22-8)15(26)24-9-2-3-12(18)10(4-9)11-5-14(11)27-17(21)25-16(19)20/h2-4,6-7,11,14,16H,5H2,1H3,(H2,21,25)(H,24,26)/t11-,14-/m1/s1. The van der Waals surface area contributed by atoms with E-state index in [0.29, 0.717) is 17.8 Å². The molecular weight excluding hydrogens is 363 g/mol. The molecule has 1 amide bonds. The van der Waals surface area contributed by atoms with Gasteiger partial charge in [-0.05, 0) is 37.1 Å². The molecule has 3 rings (SSSR count). The van der Waals surface area contributed by atoms with Crippen LogP contribution in [0.25, 0.3) is 0 Å². The maximum Gasteiger partial charge on any atom is 0.336 e. The predicted octanol–water partition coefficient (Wildman–Crippen LogP) is 2.59. The van der Waals surface area contributed by atoms with Crippen LogP contribution in [0.1, 0.15) is 34.1 Å². The van der Waals surface area contributed by atoms with Gasteiger partial charge in [0.15, 0.2) is 0 Å². The summed E-state index contributed by atoms with van der Waals surface area (Å²) in [4.78, 5) is 22.9. The van der Waals surface area contributed by atoms with E-state index in [1.165, 1.54) is 30.6 Å². The highest BCUT2D eigenvalue weighted by atomic mass is 19.3. The van der Waals surface area contributed by atoms with Crippen LogP contribution in [-0.4, -0.2) is 34.6 Å². The maximum absolute atomic E-state index is 14.1. The second-order valence-electron chi connectivity index (χ2n) is 5.98. The lowest BCUT2D eigenvalue weighted by Gasteiger charge is -2.09. The first kappa shape index (κ1) is 18.6. The van der Waals surface area contributed by atoms with Crippen molar-refractivity contribution in [3.8, 4) is 0 Å². The molecule has 1 saturated carbocycles. The summed E-state index contributed by atoms with van der Waals surface area (Å²) in [5.74, 6) is -1.35. The Kier molecular flexibility index (Phi) is 5.24. The lowest BCUT2D eigenvalue weighted by Crippen LogP contribution is -2.19. The lowest BCUT2D eigenvalue weighted by molar-refractivity contribution is 0.102. The van der Waals surface area contributed by atoms with Gasteiger partial charge in [-0.15, -0.1) is 0 Å². The Morgan fingerprint density at radius 1 is 1.37 bits per heavy atom. The number of alkyl halides is 2. The molecule has 1 aromatic carbocycles. The van der Waals surface area contributed by atoms with Crippen LogP contribution in [0.2, 0.25) is 0 Å². The highest BCUT2D eigenvalue weighted by Crippen LogP contribution is 2.45. The van der Waals surface area contributed by atoms with Crippen molar-refractivity contribution >= 4 is 17.6 Å². The molecule has 7 nitrogen and oxygen atoms in total. The molecule has 27 heavy (non-hydrogen) atoms. The minimum atomic E-state index is -2.97. The number of nitrogens with two attached hydrogens (primary N) is 1. The second-order valence-corrected chi connectivity index (χ2v) is 5.98. The van der Waals surface area contributed by atoms with Crippen LogP contribution in [-0.2, 0) is 4.74 Å². The van der Waals surface area contributed by atoms with E-state index in [0.717, 1.165) is 0 Å². The SMILES string of the molecule is Cc1cnc(C(=O)Nc2ccc(F)c([C@H]3C[C@H]3O/C(N)=N\C(F)F)c2)cn1. The van der Waals surface area contributed by atoms with Crippen molar-refractivity contribution in [3.05, 3.63) is 53.4 Å². The Morgan fingerprint density at radius 2 is 2.15 bits per heavy atom. The number of anilines is 1. The highest BCUT2D eigenvalue weighted by molar-refractivity contribution is 6.02. The molecule has 1 aromatic heterocycles. The molecule has 10 heteroatoms. The predicted molar refractivity (Wildman–Crippen MR) is 91.0 cm³/mol. The number of carbonyl (C=O) groups is 1. The fraction of sp³-hybridized carbons (Fsp3) is 0.294. The third-order valence-corrected chi connectivity index (χ3v) is 3.90. The first-order valence-electron chi connectivity index (χ1n) is 8.01. The number of hydrogen-bond donors (Lipinski definition) is 2. The molecule has 0 spiro atoms. The number of halogens is 3. The number of aromatic nitrogens is 2. The summed E-state index contributed by atoms with van der Waals surface area (Å²) in [6, 6.07) is 3.44. The first-order chi connectivity index (χ1) is 12.8. The summed E-state index contributed by atoms with van der Waals surface area (Å²) in [5.41, 5.74) is 6.69. The fourth-order valence-corrected chi connectivity index (χ4v) is 2.52. The van der Waals surface area contributed by atoms with Crippen molar-refractivity contribution < 1.29 is 22.7 Å². The number of ether oxygens (including phenoxy) is 1. The lowest BCUT2D eigenvalue weighted by atomic mass is 10.1. The molecule has 0 aliphatic heterocycles. The Balaban J connectivity index is 1.68. The zero-order chi connectivity index (χ0) is 19.6. The van der Waals surface area contributed by atoms with Crippen LogP contribution in [0, 0.1) is 12.7 Å². The van der Waals surface area contributed by atoms with E-state index in [2.05, 4.69) is 20.3 Å². The van der Waals surface area contributed by atoms with Crippen LogP contribution >= 0.6 is 0 Å². The highest BCUT2D eigenvalue weighted by Gasteiger charge is 2.43. The monoisotopic (exact) mass is 379 g/mol. The van der Waals surface area contributed by atoms with Crippen LogP contribution in [0.3, 0.4) is 0 Å². The summed E-state index contributed by atoms with van der Waals surface area (Å²) in [6.07, 6.45) is 2.65. The number of nitrogens with zero attached hydrogens (tertiary/aromatic N) is 3. The van der Waals surface area contributed by atoms with Gasteiger partial charge in [0.1, 0.15) is 17.6 Å². The van der Waals surface area contributed by atoms with Gasteiger partial charge in [0.25, 0.3) is 11.9 Å². The molecule has 0 saturated heterocycles. The van der Waals surface area contributed by atoms with E-state index in [9.17, 15) is 18.0 Å². The van der Waals surface area contributed by atoms with Gasteiger partial charge in [-0.25, -0.2) is 9.37 Å². The van der Waals surface area contributed by atoms with E-state index in [4.69, 9.17) is 10.5 Å². The largest absolute Gasteiger partial charge is 0.461 e. The summed E-state index contributed by atoms with van der Waals surface area (Å²) in [7, 11) is 0. The molecule has 2 aromatic rings. The minimum absolute atomic E-state index is 0.120. The van der Waals surface area contributed by atoms with E-state index in [1.54, 1.807) is 6.92 Å². The quantitative estimate of drug-likeness (QED) is 0.472. The van der Waals surface area contributed by atoms with Crippen LogP contribution in [0.4, 0.5) is 18.9 Å². The van der Waals surface area contributed by atoms with E-state index in [-0.39, 0.29) is 17.2 Å². The summed E-state index contributed by atoms with van der Waals surface area (Å²) < 4.78 is 43.4. The van der Waals surface area contributed by atoms with Gasteiger partial charge in [0.05, 0.1) is 11.9 Å². The van der Waals surface area contributed by atoms with Crippen molar-refractivity contribution in [1.29, 1.82) is 0 Å². The Morgan fingerprint density at radius 3 is 2.81 bits per heavy atom. The molecule has 1 heterocycles. The van der Waals surface area contributed by atoms with Crippen LogP contribution in [0.15, 0.2) is 35.6 Å². The van der Waals surface area contributed by atoms with Gasteiger partial charge >= 0.3 is 6.55 Å². The van der Waals surface area contributed by atoms with Gasteiger partial charge in [-0.2, -0.15) is 13.8 Å². The van der Waals surface area contributed by atoms with Gasteiger partial charge in [0, 0.05) is 17.8 Å². The van der Waals surface area contributed by atoms with Crippen LogP contribution < -0.4 is 11.1 Å². The molecule has 0 radical (unpaired) electrons. The average molecular weight is 379 g/mol. The van der Waals surface area contributed by atoms with Gasteiger partial charge < -0.3 is 15.8 Å². The molecular formula is C17H16F3N5O2. The van der Waals surface area contributed by atoms with Gasteiger partial charge in [-0.1, -0.05) is 0 Å². The third kappa shape index (κ3) is 4.72. The maximum atomic E-state index is 14.1. The summed E-state index contributed by atoms with van der Waals surface area (Å²) >= 11 is 0. The van der Waals surface area contributed by atoms with Crippen LogP contribution in [0.5, 0.6) is 0 Å². The number of amides is 1. The Labute approximate surface area is 152 Å². The van der Waals surface area contributed by atoms with E-state index in [1.807, 2.05) is 0 Å². The number of rotatable bonds is 5. The number of benzene rings is 1. The van der Waals surface area contributed by atoms with Crippen molar-refractivity contribution in [2.75, 3.05) is 5.32 Å². The summed E-state index contributed by atoms with van der Waals surface area (Å²) in [6.45, 7) is -1.23.